The number of ether oxygens (including phenoxy) is 1. The molecule has 1 aliphatic heterocycles. The molecule has 2 aromatic carbocycles. The van der Waals surface area contributed by atoms with Gasteiger partial charge in [0.25, 0.3) is 0 Å². The van der Waals surface area contributed by atoms with Gasteiger partial charge >= 0.3 is 0 Å². The molecule has 0 aromatic heterocycles. The van der Waals surface area contributed by atoms with Gasteiger partial charge in [-0.1, -0.05) is 42.5 Å². The highest BCUT2D eigenvalue weighted by Crippen LogP contribution is 2.24. The van der Waals surface area contributed by atoms with Crippen LogP contribution in [0, 0.1) is 5.92 Å². The van der Waals surface area contributed by atoms with Crippen LogP contribution in [0.25, 0.3) is 10.8 Å². The topological polar surface area (TPSA) is 50.4 Å². The predicted octanol–water partition coefficient (Wildman–Crippen LogP) is 2.25. The molecule has 0 spiro atoms. The van der Waals surface area contributed by atoms with E-state index in [-0.39, 0.29) is 17.9 Å². The molecule has 2 N–H and O–H groups in total. The molecule has 22 heavy (non-hydrogen) atoms. The Morgan fingerprint density at radius 1 is 1.27 bits per heavy atom. The molecule has 0 saturated carbocycles. The quantitative estimate of drug-likeness (QED) is 0.914. The predicted molar refractivity (Wildman–Crippen MR) is 87.7 cm³/mol. The lowest BCUT2D eigenvalue weighted by Gasteiger charge is -2.20. The zero-order valence-corrected chi connectivity index (χ0v) is 12.8. The smallest absolute Gasteiger partial charge is 0.227 e. The lowest BCUT2D eigenvalue weighted by molar-refractivity contribution is -0.126. The molecule has 1 amide bonds. The summed E-state index contributed by atoms with van der Waals surface area (Å²) in [5, 5.41) is 8.74. The molecule has 2 aromatic rings. The summed E-state index contributed by atoms with van der Waals surface area (Å²) in [7, 11) is 0. The van der Waals surface area contributed by atoms with E-state index in [2.05, 4.69) is 34.9 Å². The highest BCUT2D eigenvalue weighted by molar-refractivity contribution is 5.87. The Balaban J connectivity index is 1.75. The highest BCUT2D eigenvalue weighted by atomic mass is 16.5. The maximum atomic E-state index is 12.4. The van der Waals surface area contributed by atoms with Crippen molar-refractivity contribution in [1.29, 1.82) is 0 Å². The molecule has 0 aliphatic carbocycles. The number of hydrogen-bond acceptors (Lipinski definition) is 3. The molecule has 1 fully saturated rings. The molecule has 1 aliphatic rings. The fraction of sp³-hybridized carbons (Fsp3) is 0.389. The van der Waals surface area contributed by atoms with Crippen LogP contribution in [0.4, 0.5) is 0 Å². The van der Waals surface area contributed by atoms with Crippen LogP contribution in [0.1, 0.15) is 18.5 Å². The Hall–Kier alpha value is -1.91. The van der Waals surface area contributed by atoms with Crippen molar-refractivity contribution in [1.82, 2.24) is 10.6 Å². The van der Waals surface area contributed by atoms with Gasteiger partial charge in [0.15, 0.2) is 0 Å². The Labute approximate surface area is 130 Å². The van der Waals surface area contributed by atoms with Crippen LogP contribution in [0.5, 0.6) is 0 Å². The van der Waals surface area contributed by atoms with Crippen LogP contribution in [-0.4, -0.2) is 32.2 Å². The van der Waals surface area contributed by atoms with E-state index in [0.717, 1.165) is 12.1 Å². The third-order valence-electron chi connectivity index (χ3n) is 4.15. The second kappa shape index (κ2) is 6.90. The van der Waals surface area contributed by atoms with Gasteiger partial charge in [-0.2, -0.15) is 0 Å². The Morgan fingerprint density at radius 3 is 3.00 bits per heavy atom. The molecule has 3 rings (SSSR count). The van der Waals surface area contributed by atoms with E-state index < -0.39 is 0 Å². The van der Waals surface area contributed by atoms with E-state index in [1.165, 1.54) is 10.8 Å². The number of hydrogen-bond donors (Lipinski definition) is 2. The normalized spacial score (nSPS) is 20.3. The average Bonchev–Trinajstić information content (AvgIpc) is 2.83. The van der Waals surface area contributed by atoms with Gasteiger partial charge in [-0.15, -0.1) is 0 Å². The lowest BCUT2D eigenvalue weighted by Crippen LogP contribution is -2.38. The number of amides is 1. The monoisotopic (exact) mass is 298 g/mol. The molecular formula is C18H22N2O2. The van der Waals surface area contributed by atoms with Crippen LogP contribution in [0.3, 0.4) is 0 Å². The van der Waals surface area contributed by atoms with Gasteiger partial charge in [0.2, 0.25) is 5.91 Å². The van der Waals surface area contributed by atoms with E-state index in [0.29, 0.717) is 19.8 Å². The van der Waals surface area contributed by atoms with Crippen LogP contribution < -0.4 is 10.6 Å². The third-order valence-corrected chi connectivity index (χ3v) is 4.15. The standard InChI is InChI=1S/C18H22N2O2/c1-13(20-18(21)15-11-19-9-10-22-12-15)16-8-4-6-14-5-2-3-7-17(14)16/h2-8,13,15,19H,9-12H2,1H3,(H,20,21)/t13-,15?/m0/s1. The zero-order valence-electron chi connectivity index (χ0n) is 12.8. The van der Waals surface area contributed by atoms with E-state index in [1.54, 1.807) is 0 Å². The second-order valence-corrected chi connectivity index (χ2v) is 5.77. The first kappa shape index (κ1) is 15.0. The summed E-state index contributed by atoms with van der Waals surface area (Å²) in [5.74, 6) is -0.0743. The first-order valence-corrected chi connectivity index (χ1v) is 7.82. The minimum absolute atomic E-state index is 0.0261. The van der Waals surface area contributed by atoms with Crippen molar-refractivity contribution in [2.75, 3.05) is 26.3 Å². The van der Waals surface area contributed by atoms with E-state index in [9.17, 15) is 4.79 Å². The van der Waals surface area contributed by atoms with Crippen LogP contribution >= 0.6 is 0 Å². The van der Waals surface area contributed by atoms with Crippen molar-refractivity contribution in [3.05, 3.63) is 48.0 Å². The van der Waals surface area contributed by atoms with Crippen molar-refractivity contribution in [3.63, 3.8) is 0 Å². The average molecular weight is 298 g/mol. The maximum absolute atomic E-state index is 12.4. The molecule has 0 radical (unpaired) electrons. The molecule has 4 heteroatoms. The van der Waals surface area contributed by atoms with E-state index >= 15 is 0 Å². The SMILES string of the molecule is C[C@H](NC(=O)C1CNCCOC1)c1cccc2ccccc12. The van der Waals surface area contributed by atoms with E-state index in [4.69, 9.17) is 4.74 Å². The number of carbonyl (C=O) groups is 1. The summed E-state index contributed by atoms with van der Waals surface area (Å²) in [6.45, 7) is 4.67. The lowest BCUT2D eigenvalue weighted by atomic mass is 9.99. The van der Waals surface area contributed by atoms with Gasteiger partial charge in [-0.05, 0) is 23.3 Å². The van der Waals surface area contributed by atoms with Crippen molar-refractivity contribution in [2.45, 2.75) is 13.0 Å². The summed E-state index contributed by atoms with van der Waals surface area (Å²) in [6, 6.07) is 14.4. The van der Waals surface area contributed by atoms with Gasteiger partial charge in [0.1, 0.15) is 0 Å². The molecular weight excluding hydrogens is 276 g/mol. The molecule has 2 atom stereocenters. The Kier molecular flexibility index (Phi) is 4.71. The molecule has 4 nitrogen and oxygen atoms in total. The van der Waals surface area contributed by atoms with Crippen molar-refractivity contribution >= 4 is 16.7 Å². The molecule has 1 saturated heterocycles. The first-order valence-electron chi connectivity index (χ1n) is 7.82. The third kappa shape index (κ3) is 3.29. The number of rotatable bonds is 3. The molecule has 116 valence electrons. The van der Waals surface area contributed by atoms with Crippen LogP contribution in [-0.2, 0) is 9.53 Å². The Morgan fingerprint density at radius 2 is 2.09 bits per heavy atom. The molecule has 1 unspecified atom stereocenters. The zero-order chi connectivity index (χ0) is 15.4. The number of carbonyl (C=O) groups excluding carboxylic acids is 1. The molecule has 0 bridgehead atoms. The van der Waals surface area contributed by atoms with Gasteiger partial charge < -0.3 is 15.4 Å². The fourth-order valence-corrected chi connectivity index (χ4v) is 2.91. The minimum Gasteiger partial charge on any atom is -0.379 e. The van der Waals surface area contributed by atoms with E-state index in [1.807, 2.05) is 25.1 Å². The summed E-state index contributed by atoms with van der Waals surface area (Å²) >= 11 is 0. The van der Waals surface area contributed by atoms with Crippen molar-refractivity contribution in [2.24, 2.45) is 5.92 Å². The minimum atomic E-state index is -0.125. The van der Waals surface area contributed by atoms with Gasteiger partial charge in [0.05, 0.1) is 25.2 Å². The summed E-state index contributed by atoms with van der Waals surface area (Å²) in [6.07, 6.45) is 0. The second-order valence-electron chi connectivity index (χ2n) is 5.77. The summed E-state index contributed by atoms with van der Waals surface area (Å²) < 4.78 is 5.46. The number of benzene rings is 2. The fourth-order valence-electron chi connectivity index (χ4n) is 2.91. The first-order chi connectivity index (χ1) is 10.8. The van der Waals surface area contributed by atoms with Gasteiger partial charge in [0, 0.05) is 13.1 Å². The maximum Gasteiger partial charge on any atom is 0.227 e. The summed E-state index contributed by atoms with van der Waals surface area (Å²) in [5.41, 5.74) is 1.15. The summed E-state index contributed by atoms with van der Waals surface area (Å²) in [4.78, 5) is 12.4. The van der Waals surface area contributed by atoms with Crippen LogP contribution in [0.15, 0.2) is 42.5 Å². The number of fused-ring (bicyclic) bond motifs is 1. The largest absolute Gasteiger partial charge is 0.379 e. The van der Waals surface area contributed by atoms with Gasteiger partial charge in [-0.25, -0.2) is 0 Å². The molecule has 1 heterocycles. The van der Waals surface area contributed by atoms with Crippen molar-refractivity contribution < 1.29 is 9.53 Å². The highest BCUT2D eigenvalue weighted by Gasteiger charge is 2.22. The van der Waals surface area contributed by atoms with Crippen LogP contribution in [0.2, 0.25) is 0 Å². The van der Waals surface area contributed by atoms with Gasteiger partial charge in [-0.3, -0.25) is 4.79 Å². The number of nitrogens with one attached hydrogen (secondary N) is 2. The van der Waals surface area contributed by atoms with Crippen molar-refractivity contribution in [3.8, 4) is 0 Å². The Bertz CT molecular complexity index is 643.